The molecule has 1 fully saturated rings. The second kappa shape index (κ2) is 7.72. The Labute approximate surface area is 176 Å². The Balaban J connectivity index is 1.70. The van der Waals surface area contributed by atoms with E-state index in [1.54, 1.807) is 37.6 Å². The monoisotopic (exact) mass is 424 g/mol. The number of nitrogens with zero attached hydrogens (tertiary/aromatic N) is 1. The molecule has 6 nitrogen and oxygen atoms in total. The molecule has 7 heteroatoms. The first-order chi connectivity index (χ1) is 14.4. The molecule has 1 aromatic heterocycles. The predicted molar refractivity (Wildman–Crippen MR) is 115 cm³/mol. The maximum absolute atomic E-state index is 13.3. The SMILES string of the molecule is CCCc1ccc(OC)cc1C1(C(=O)NS(=O)(=O)c2cccc3ncccc23)CC1. The quantitative estimate of drug-likeness (QED) is 0.625. The summed E-state index contributed by atoms with van der Waals surface area (Å²) in [5.41, 5.74) is 1.63. The van der Waals surface area contributed by atoms with Crippen molar-refractivity contribution in [2.45, 2.75) is 42.9 Å². The first kappa shape index (κ1) is 20.3. The molecule has 3 aromatic rings. The Morgan fingerprint density at radius 1 is 1.17 bits per heavy atom. The summed E-state index contributed by atoms with van der Waals surface area (Å²) >= 11 is 0. The maximum atomic E-state index is 13.3. The summed E-state index contributed by atoms with van der Waals surface area (Å²) < 4.78 is 33.9. The minimum atomic E-state index is -4.05. The Kier molecular flexibility index (Phi) is 5.24. The van der Waals surface area contributed by atoms with Crippen LogP contribution in [-0.2, 0) is 26.7 Å². The molecular weight excluding hydrogens is 400 g/mol. The van der Waals surface area contributed by atoms with Gasteiger partial charge in [-0.15, -0.1) is 0 Å². The van der Waals surface area contributed by atoms with Crippen LogP contribution >= 0.6 is 0 Å². The molecule has 30 heavy (non-hydrogen) atoms. The number of carbonyl (C=O) groups is 1. The topological polar surface area (TPSA) is 85.4 Å². The molecule has 156 valence electrons. The van der Waals surface area contributed by atoms with Crippen LogP contribution in [0.4, 0.5) is 0 Å². The van der Waals surface area contributed by atoms with Gasteiger partial charge in [0.05, 0.1) is 22.9 Å². The molecule has 1 amide bonds. The lowest BCUT2D eigenvalue weighted by Gasteiger charge is -2.20. The number of sulfonamides is 1. The molecule has 1 heterocycles. The third-order valence-corrected chi connectivity index (χ3v) is 7.05. The van der Waals surface area contributed by atoms with E-state index in [2.05, 4.69) is 16.6 Å². The van der Waals surface area contributed by atoms with Crippen LogP contribution in [0.3, 0.4) is 0 Å². The lowest BCUT2D eigenvalue weighted by molar-refractivity contribution is -0.121. The number of carbonyl (C=O) groups excluding carboxylic acids is 1. The smallest absolute Gasteiger partial charge is 0.264 e. The fraction of sp³-hybridized carbons (Fsp3) is 0.304. The molecule has 4 rings (SSSR count). The fourth-order valence-corrected chi connectivity index (χ4v) is 5.21. The van der Waals surface area contributed by atoms with Gasteiger partial charge in [0.15, 0.2) is 0 Å². The van der Waals surface area contributed by atoms with Gasteiger partial charge in [0.2, 0.25) is 5.91 Å². The van der Waals surface area contributed by atoms with Crippen molar-refractivity contribution in [3.8, 4) is 5.75 Å². The van der Waals surface area contributed by atoms with E-state index in [0.29, 0.717) is 29.5 Å². The molecule has 1 saturated carbocycles. The normalized spacial score (nSPS) is 15.0. The van der Waals surface area contributed by atoms with Crippen LogP contribution in [0.5, 0.6) is 5.75 Å². The van der Waals surface area contributed by atoms with Crippen molar-refractivity contribution in [3.63, 3.8) is 0 Å². The van der Waals surface area contributed by atoms with Gasteiger partial charge in [-0.25, -0.2) is 13.1 Å². The van der Waals surface area contributed by atoms with Crippen molar-refractivity contribution in [2.75, 3.05) is 7.11 Å². The second-order valence-corrected chi connectivity index (χ2v) is 9.27. The van der Waals surface area contributed by atoms with Crippen LogP contribution in [-0.4, -0.2) is 26.4 Å². The molecular formula is C23H24N2O4S. The van der Waals surface area contributed by atoms with E-state index in [0.717, 1.165) is 24.0 Å². The van der Waals surface area contributed by atoms with Gasteiger partial charge in [0.25, 0.3) is 10.0 Å². The van der Waals surface area contributed by atoms with Crippen molar-refractivity contribution in [1.29, 1.82) is 0 Å². The number of amides is 1. The molecule has 0 aliphatic heterocycles. The van der Waals surface area contributed by atoms with Crippen molar-refractivity contribution in [2.24, 2.45) is 0 Å². The summed E-state index contributed by atoms with van der Waals surface area (Å²) in [4.78, 5) is 17.5. The number of pyridine rings is 1. The second-order valence-electron chi connectivity index (χ2n) is 7.62. The first-order valence-electron chi connectivity index (χ1n) is 10.00. The molecule has 0 saturated heterocycles. The third kappa shape index (κ3) is 3.54. The van der Waals surface area contributed by atoms with Crippen molar-refractivity contribution >= 4 is 26.8 Å². The molecule has 2 aromatic carbocycles. The van der Waals surface area contributed by atoms with Crippen LogP contribution in [0.25, 0.3) is 10.9 Å². The Bertz CT molecular complexity index is 1210. The Morgan fingerprint density at radius 3 is 2.67 bits per heavy atom. The van der Waals surface area contributed by atoms with Crippen molar-refractivity contribution in [1.82, 2.24) is 9.71 Å². The highest BCUT2D eigenvalue weighted by molar-refractivity contribution is 7.90. The van der Waals surface area contributed by atoms with Gasteiger partial charge in [0.1, 0.15) is 5.75 Å². The number of ether oxygens (including phenoxy) is 1. The van der Waals surface area contributed by atoms with E-state index in [4.69, 9.17) is 4.74 Å². The van der Waals surface area contributed by atoms with E-state index in [1.165, 1.54) is 6.07 Å². The lowest BCUT2D eigenvalue weighted by Crippen LogP contribution is -2.39. The first-order valence-corrected chi connectivity index (χ1v) is 11.5. The average Bonchev–Trinajstić information content (AvgIpc) is 3.55. The summed E-state index contributed by atoms with van der Waals surface area (Å²) in [5.74, 6) is 0.168. The predicted octanol–water partition coefficient (Wildman–Crippen LogP) is 3.73. The Hall–Kier alpha value is -2.93. The summed E-state index contributed by atoms with van der Waals surface area (Å²) in [7, 11) is -2.47. The van der Waals surface area contributed by atoms with Crippen LogP contribution in [0, 0.1) is 0 Å². The molecule has 1 N–H and O–H groups in total. The summed E-state index contributed by atoms with van der Waals surface area (Å²) in [6.45, 7) is 2.08. The van der Waals surface area contributed by atoms with E-state index in [-0.39, 0.29) is 4.90 Å². The summed E-state index contributed by atoms with van der Waals surface area (Å²) in [5, 5.41) is 0.484. The number of aryl methyl sites for hydroxylation is 1. The van der Waals surface area contributed by atoms with E-state index in [9.17, 15) is 13.2 Å². The molecule has 0 unspecified atom stereocenters. The molecule has 0 radical (unpaired) electrons. The third-order valence-electron chi connectivity index (χ3n) is 5.66. The summed E-state index contributed by atoms with van der Waals surface area (Å²) in [6, 6.07) is 13.9. The highest BCUT2D eigenvalue weighted by Crippen LogP contribution is 2.51. The van der Waals surface area contributed by atoms with Crippen LogP contribution < -0.4 is 9.46 Å². The zero-order valence-electron chi connectivity index (χ0n) is 17.0. The molecule has 0 atom stereocenters. The van der Waals surface area contributed by atoms with Gasteiger partial charge in [-0.1, -0.05) is 25.5 Å². The molecule has 1 aliphatic rings. The number of benzene rings is 2. The lowest BCUT2D eigenvalue weighted by atomic mass is 9.88. The molecule has 0 bridgehead atoms. The number of hydrogen-bond donors (Lipinski definition) is 1. The Morgan fingerprint density at radius 2 is 1.97 bits per heavy atom. The standard InChI is InChI=1S/C23H24N2O4S/c1-3-6-16-10-11-17(29-2)15-19(16)23(12-13-23)22(26)25-30(27,28)21-9-4-8-20-18(21)7-5-14-24-20/h4-5,7-11,14-15H,3,6,12-13H2,1-2H3,(H,25,26). The van der Waals surface area contributed by atoms with Gasteiger partial charge in [-0.05, 0) is 66.8 Å². The van der Waals surface area contributed by atoms with Gasteiger partial charge < -0.3 is 4.74 Å². The number of rotatable bonds is 7. The largest absolute Gasteiger partial charge is 0.497 e. The van der Waals surface area contributed by atoms with Gasteiger partial charge in [-0.2, -0.15) is 0 Å². The van der Waals surface area contributed by atoms with Crippen LogP contribution in [0.1, 0.15) is 37.3 Å². The zero-order valence-corrected chi connectivity index (χ0v) is 17.8. The van der Waals surface area contributed by atoms with Gasteiger partial charge in [-0.3, -0.25) is 9.78 Å². The fourth-order valence-electron chi connectivity index (χ4n) is 3.94. The number of aromatic nitrogens is 1. The van der Waals surface area contributed by atoms with Crippen LogP contribution in [0.2, 0.25) is 0 Å². The number of hydrogen-bond acceptors (Lipinski definition) is 5. The maximum Gasteiger partial charge on any atom is 0.264 e. The number of nitrogens with one attached hydrogen (secondary N) is 1. The highest BCUT2D eigenvalue weighted by atomic mass is 32.2. The van der Waals surface area contributed by atoms with E-state index < -0.39 is 21.3 Å². The average molecular weight is 425 g/mol. The van der Waals surface area contributed by atoms with E-state index in [1.807, 2.05) is 18.2 Å². The molecule has 0 spiro atoms. The highest BCUT2D eigenvalue weighted by Gasteiger charge is 2.53. The number of fused-ring (bicyclic) bond motifs is 1. The van der Waals surface area contributed by atoms with Gasteiger partial charge >= 0.3 is 0 Å². The van der Waals surface area contributed by atoms with Crippen LogP contribution in [0.15, 0.2) is 59.6 Å². The minimum absolute atomic E-state index is 0.0525. The van der Waals surface area contributed by atoms with Crippen molar-refractivity contribution < 1.29 is 17.9 Å². The summed E-state index contributed by atoms with van der Waals surface area (Å²) in [6.07, 6.45) is 4.56. The van der Waals surface area contributed by atoms with Gasteiger partial charge in [0, 0.05) is 11.6 Å². The van der Waals surface area contributed by atoms with E-state index >= 15 is 0 Å². The molecule has 1 aliphatic carbocycles. The van der Waals surface area contributed by atoms with Crippen molar-refractivity contribution in [3.05, 3.63) is 65.9 Å². The minimum Gasteiger partial charge on any atom is -0.497 e. The number of methoxy groups -OCH3 is 1. The zero-order chi connectivity index (χ0) is 21.4.